The average molecular weight is 289 g/mol. The summed E-state index contributed by atoms with van der Waals surface area (Å²) in [7, 11) is 0. The smallest absolute Gasteiger partial charge is 0.128 e. The molecule has 0 aliphatic heterocycles. The molecule has 0 radical (unpaired) electrons. The Morgan fingerprint density at radius 2 is 1.57 bits per heavy atom. The van der Waals surface area contributed by atoms with Crippen LogP contribution in [-0.4, -0.2) is 6.54 Å². The Kier molecular flexibility index (Phi) is 5.07. The van der Waals surface area contributed by atoms with Crippen LogP contribution in [0.1, 0.15) is 41.6 Å². The molecule has 112 valence electrons. The van der Waals surface area contributed by atoms with E-state index in [2.05, 4.69) is 5.32 Å². The van der Waals surface area contributed by atoms with E-state index in [-0.39, 0.29) is 11.6 Å². The van der Waals surface area contributed by atoms with E-state index in [1.165, 1.54) is 12.1 Å². The van der Waals surface area contributed by atoms with Gasteiger partial charge in [0.2, 0.25) is 0 Å². The molecule has 1 nitrogen and oxygen atoms in total. The van der Waals surface area contributed by atoms with Crippen molar-refractivity contribution in [3.8, 4) is 0 Å². The van der Waals surface area contributed by atoms with Gasteiger partial charge in [-0.05, 0) is 44.5 Å². The average Bonchev–Trinajstić information content (AvgIpc) is 2.44. The van der Waals surface area contributed by atoms with Crippen molar-refractivity contribution in [2.75, 3.05) is 6.54 Å². The van der Waals surface area contributed by atoms with Crippen molar-refractivity contribution >= 4 is 0 Å². The van der Waals surface area contributed by atoms with E-state index < -0.39 is 6.04 Å². The third-order valence-corrected chi connectivity index (χ3v) is 3.53. The van der Waals surface area contributed by atoms with Crippen molar-refractivity contribution in [1.82, 2.24) is 5.32 Å². The van der Waals surface area contributed by atoms with Crippen molar-refractivity contribution in [1.29, 1.82) is 0 Å². The fourth-order valence-electron chi connectivity index (χ4n) is 2.43. The van der Waals surface area contributed by atoms with Gasteiger partial charge < -0.3 is 5.32 Å². The second kappa shape index (κ2) is 6.81. The molecule has 0 aliphatic carbocycles. The van der Waals surface area contributed by atoms with Gasteiger partial charge in [0.1, 0.15) is 11.6 Å². The SMILES string of the molecule is CCCNC(c1ccc(C)cc1F)c1cc(C)ccc1F. The topological polar surface area (TPSA) is 12.0 Å². The molecule has 0 saturated carbocycles. The Hall–Kier alpha value is -1.74. The predicted molar refractivity (Wildman–Crippen MR) is 82.4 cm³/mol. The van der Waals surface area contributed by atoms with Crippen LogP contribution < -0.4 is 5.32 Å². The largest absolute Gasteiger partial charge is 0.306 e. The molecule has 1 unspecified atom stereocenters. The minimum atomic E-state index is -0.467. The number of nitrogens with one attached hydrogen (secondary N) is 1. The molecule has 21 heavy (non-hydrogen) atoms. The van der Waals surface area contributed by atoms with Crippen LogP contribution in [0.15, 0.2) is 36.4 Å². The molecule has 1 atom stereocenters. The van der Waals surface area contributed by atoms with E-state index >= 15 is 0 Å². The van der Waals surface area contributed by atoms with Gasteiger partial charge >= 0.3 is 0 Å². The van der Waals surface area contributed by atoms with Crippen LogP contribution in [0.3, 0.4) is 0 Å². The second-order valence-corrected chi connectivity index (χ2v) is 5.44. The maximum atomic E-state index is 14.3. The van der Waals surface area contributed by atoms with Crippen molar-refractivity contribution in [3.05, 3.63) is 70.3 Å². The van der Waals surface area contributed by atoms with Crippen LogP contribution in [0.2, 0.25) is 0 Å². The van der Waals surface area contributed by atoms with Gasteiger partial charge in [-0.2, -0.15) is 0 Å². The van der Waals surface area contributed by atoms with Crippen LogP contribution in [0.4, 0.5) is 8.78 Å². The standard InChI is InChI=1S/C18H21F2N/c1-4-9-21-18(14-7-5-13(3)11-17(14)20)15-10-12(2)6-8-16(15)19/h5-8,10-11,18,21H,4,9H2,1-3H3. The first-order valence-electron chi connectivity index (χ1n) is 7.28. The van der Waals surface area contributed by atoms with Crippen molar-refractivity contribution in [2.45, 2.75) is 33.2 Å². The monoisotopic (exact) mass is 289 g/mol. The highest BCUT2D eigenvalue weighted by Gasteiger charge is 2.20. The maximum Gasteiger partial charge on any atom is 0.128 e. The summed E-state index contributed by atoms with van der Waals surface area (Å²) >= 11 is 0. The molecule has 2 rings (SSSR count). The quantitative estimate of drug-likeness (QED) is 0.843. The zero-order valence-corrected chi connectivity index (χ0v) is 12.7. The number of hydrogen-bond acceptors (Lipinski definition) is 1. The molecule has 2 aromatic rings. The first-order valence-corrected chi connectivity index (χ1v) is 7.28. The lowest BCUT2D eigenvalue weighted by Crippen LogP contribution is -2.25. The zero-order chi connectivity index (χ0) is 15.4. The summed E-state index contributed by atoms with van der Waals surface area (Å²) in [5, 5.41) is 3.25. The molecule has 0 fully saturated rings. The summed E-state index contributed by atoms with van der Waals surface area (Å²) in [5.41, 5.74) is 2.79. The molecule has 0 aromatic heterocycles. The van der Waals surface area contributed by atoms with Gasteiger partial charge in [-0.25, -0.2) is 8.78 Å². The summed E-state index contributed by atoms with van der Waals surface area (Å²) in [6.07, 6.45) is 0.900. The Labute approximate surface area is 125 Å². The van der Waals surface area contributed by atoms with Gasteiger partial charge in [0.15, 0.2) is 0 Å². The summed E-state index contributed by atoms with van der Waals surface area (Å²) in [6, 6.07) is 9.56. The molecule has 0 spiro atoms. The number of rotatable bonds is 5. The summed E-state index contributed by atoms with van der Waals surface area (Å²) in [6.45, 7) is 6.48. The van der Waals surface area contributed by atoms with E-state index in [0.717, 1.165) is 17.5 Å². The van der Waals surface area contributed by atoms with Gasteiger partial charge in [-0.1, -0.05) is 36.8 Å². The van der Waals surface area contributed by atoms with Gasteiger partial charge in [-0.3, -0.25) is 0 Å². The van der Waals surface area contributed by atoms with Crippen LogP contribution in [-0.2, 0) is 0 Å². The fourth-order valence-corrected chi connectivity index (χ4v) is 2.43. The number of aryl methyl sites for hydroxylation is 2. The fraction of sp³-hybridized carbons (Fsp3) is 0.333. The number of halogens is 2. The molecule has 2 aromatic carbocycles. The van der Waals surface area contributed by atoms with E-state index in [1.807, 2.05) is 26.8 Å². The van der Waals surface area contributed by atoms with Crippen molar-refractivity contribution in [2.24, 2.45) is 0 Å². The lowest BCUT2D eigenvalue weighted by Gasteiger charge is -2.21. The van der Waals surface area contributed by atoms with Crippen LogP contribution in [0.25, 0.3) is 0 Å². The molecule has 3 heteroatoms. The van der Waals surface area contributed by atoms with Crippen LogP contribution in [0, 0.1) is 25.5 Å². The van der Waals surface area contributed by atoms with E-state index in [0.29, 0.717) is 17.7 Å². The molecule has 0 amide bonds. The molecule has 0 bridgehead atoms. The van der Waals surface area contributed by atoms with E-state index in [1.54, 1.807) is 18.2 Å². The predicted octanol–water partition coefficient (Wildman–Crippen LogP) is 4.67. The third-order valence-electron chi connectivity index (χ3n) is 3.53. The molecule has 0 aliphatic rings. The van der Waals surface area contributed by atoms with Crippen LogP contribution >= 0.6 is 0 Å². The van der Waals surface area contributed by atoms with Crippen LogP contribution in [0.5, 0.6) is 0 Å². The number of benzene rings is 2. The Balaban J connectivity index is 2.49. The summed E-state index contributed by atoms with van der Waals surface area (Å²) < 4.78 is 28.5. The zero-order valence-electron chi connectivity index (χ0n) is 12.7. The normalized spacial score (nSPS) is 12.4. The highest BCUT2D eigenvalue weighted by molar-refractivity contribution is 5.37. The first-order chi connectivity index (χ1) is 10.0. The van der Waals surface area contributed by atoms with Gasteiger partial charge in [0.05, 0.1) is 6.04 Å². The van der Waals surface area contributed by atoms with E-state index in [9.17, 15) is 8.78 Å². The van der Waals surface area contributed by atoms with Gasteiger partial charge in [0, 0.05) is 11.1 Å². The lowest BCUT2D eigenvalue weighted by atomic mass is 9.95. The molecule has 0 saturated heterocycles. The van der Waals surface area contributed by atoms with Gasteiger partial charge in [0.25, 0.3) is 0 Å². The van der Waals surface area contributed by atoms with Gasteiger partial charge in [-0.15, -0.1) is 0 Å². The Bertz CT molecular complexity index is 623. The lowest BCUT2D eigenvalue weighted by molar-refractivity contribution is 0.520. The number of hydrogen-bond donors (Lipinski definition) is 1. The first kappa shape index (κ1) is 15.6. The third kappa shape index (κ3) is 3.67. The van der Waals surface area contributed by atoms with Crippen molar-refractivity contribution in [3.63, 3.8) is 0 Å². The van der Waals surface area contributed by atoms with Crippen molar-refractivity contribution < 1.29 is 8.78 Å². The minimum Gasteiger partial charge on any atom is -0.306 e. The maximum absolute atomic E-state index is 14.3. The highest BCUT2D eigenvalue weighted by Crippen LogP contribution is 2.28. The molecule has 1 N–H and O–H groups in total. The molecular formula is C18H21F2N. The summed E-state index contributed by atoms with van der Waals surface area (Å²) in [5.74, 6) is -0.612. The van der Waals surface area contributed by atoms with E-state index in [4.69, 9.17) is 0 Å². The Morgan fingerprint density at radius 3 is 2.24 bits per heavy atom. The molecular weight excluding hydrogens is 268 g/mol. The summed E-state index contributed by atoms with van der Waals surface area (Å²) in [4.78, 5) is 0. The minimum absolute atomic E-state index is 0.301. The second-order valence-electron chi connectivity index (χ2n) is 5.44. The molecule has 0 heterocycles. The Morgan fingerprint density at radius 1 is 0.905 bits per heavy atom. The highest BCUT2D eigenvalue weighted by atomic mass is 19.1.